The van der Waals surface area contributed by atoms with Crippen molar-refractivity contribution in [3.63, 3.8) is 0 Å². The van der Waals surface area contributed by atoms with Crippen molar-refractivity contribution in [2.24, 2.45) is 0 Å². The number of hydrogen-bond acceptors (Lipinski definition) is 3. The fourth-order valence-electron chi connectivity index (χ4n) is 1.32. The number of thiophene rings is 1. The molecule has 0 saturated heterocycles. The first kappa shape index (κ1) is 13.1. The predicted octanol–water partition coefficient (Wildman–Crippen LogP) is 3.89. The Hall–Kier alpha value is -1.37. The highest BCUT2D eigenvalue weighted by Gasteiger charge is 2.18. The Morgan fingerprint density at radius 1 is 1.28 bits per heavy atom. The van der Waals surface area contributed by atoms with E-state index in [1.807, 2.05) is 0 Å². The molecule has 0 atom stereocenters. The van der Waals surface area contributed by atoms with Crippen LogP contribution in [0.4, 0.5) is 0 Å². The van der Waals surface area contributed by atoms with Crippen molar-refractivity contribution in [3.05, 3.63) is 45.1 Å². The summed E-state index contributed by atoms with van der Waals surface area (Å²) >= 11 is 7.79. The lowest BCUT2D eigenvalue weighted by molar-refractivity contribution is 0.604. The summed E-state index contributed by atoms with van der Waals surface area (Å²) in [6.45, 7) is 6.49. The molecule has 0 aliphatic carbocycles. The molecular formula is C14H13ClN2S. The second-order valence-electron chi connectivity index (χ2n) is 4.89. The van der Waals surface area contributed by atoms with Crippen molar-refractivity contribution in [1.82, 2.24) is 9.97 Å². The number of aromatic nitrogens is 2. The zero-order chi connectivity index (χ0) is 13.2. The molecular weight excluding hydrogens is 264 g/mol. The lowest BCUT2D eigenvalue weighted by Crippen LogP contribution is -2.07. The Kier molecular flexibility index (Phi) is 3.70. The first-order valence-corrected chi connectivity index (χ1v) is 6.74. The Morgan fingerprint density at radius 3 is 2.61 bits per heavy atom. The first-order valence-electron chi connectivity index (χ1n) is 5.54. The van der Waals surface area contributed by atoms with Crippen molar-refractivity contribution in [2.75, 3.05) is 0 Å². The van der Waals surface area contributed by atoms with E-state index in [1.54, 1.807) is 23.6 Å². The van der Waals surface area contributed by atoms with Gasteiger partial charge in [-0.3, -0.25) is 0 Å². The van der Waals surface area contributed by atoms with Crippen LogP contribution < -0.4 is 0 Å². The summed E-state index contributed by atoms with van der Waals surface area (Å²) in [5, 5.41) is 0. The molecule has 0 fully saturated rings. The molecule has 0 N–H and O–H groups in total. The van der Waals surface area contributed by atoms with E-state index in [-0.39, 0.29) is 5.41 Å². The van der Waals surface area contributed by atoms with Gasteiger partial charge in [-0.1, -0.05) is 38.3 Å². The van der Waals surface area contributed by atoms with Gasteiger partial charge in [-0.25, -0.2) is 9.97 Å². The van der Waals surface area contributed by atoms with Gasteiger partial charge in [0, 0.05) is 11.1 Å². The summed E-state index contributed by atoms with van der Waals surface area (Å²) in [4.78, 5) is 9.14. The van der Waals surface area contributed by atoms with E-state index in [4.69, 9.17) is 11.6 Å². The van der Waals surface area contributed by atoms with Crippen molar-refractivity contribution >= 4 is 22.9 Å². The summed E-state index contributed by atoms with van der Waals surface area (Å²) < 4.78 is 0.737. The SMILES string of the molecule is CC(C)(C)c1cc(C#Cc2ccncn2)c(Cl)s1. The minimum atomic E-state index is 0.100. The zero-order valence-electron chi connectivity index (χ0n) is 10.5. The summed E-state index contributed by atoms with van der Waals surface area (Å²) in [6, 6.07) is 3.83. The summed E-state index contributed by atoms with van der Waals surface area (Å²) in [6.07, 6.45) is 3.16. The fourth-order valence-corrected chi connectivity index (χ4v) is 2.57. The Labute approximate surface area is 116 Å². The highest BCUT2D eigenvalue weighted by Crippen LogP contribution is 2.35. The van der Waals surface area contributed by atoms with Crippen LogP contribution in [0.25, 0.3) is 0 Å². The first-order chi connectivity index (χ1) is 8.47. The number of rotatable bonds is 0. The second kappa shape index (κ2) is 5.09. The molecule has 0 spiro atoms. The van der Waals surface area contributed by atoms with Gasteiger partial charge in [0.05, 0.1) is 5.56 Å². The Morgan fingerprint density at radius 2 is 2.06 bits per heavy atom. The van der Waals surface area contributed by atoms with E-state index in [0.29, 0.717) is 5.69 Å². The number of hydrogen-bond donors (Lipinski definition) is 0. The largest absolute Gasteiger partial charge is 0.245 e. The van der Waals surface area contributed by atoms with E-state index in [1.165, 1.54) is 11.2 Å². The average molecular weight is 277 g/mol. The van der Waals surface area contributed by atoms with Crippen molar-refractivity contribution in [2.45, 2.75) is 26.2 Å². The summed E-state index contributed by atoms with van der Waals surface area (Å²) in [7, 11) is 0. The Bertz CT molecular complexity index is 600. The van der Waals surface area contributed by atoms with Gasteiger partial charge < -0.3 is 0 Å². The molecule has 0 amide bonds. The number of nitrogens with zero attached hydrogens (tertiary/aromatic N) is 2. The normalized spacial score (nSPS) is 10.9. The van der Waals surface area contributed by atoms with Crippen molar-refractivity contribution < 1.29 is 0 Å². The maximum absolute atomic E-state index is 6.20. The van der Waals surface area contributed by atoms with Gasteiger partial charge in [0.25, 0.3) is 0 Å². The second-order valence-corrected chi connectivity index (χ2v) is 6.55. The third-order valence-corrected chi connectivity index (χ3v) is 4.12. The van der Waals surface area contributed by atoms with E-state index < -0.39 is 0 Å². The highest BCUT2D eigenvalue weighted by atomic mass is 35.5. The molecule has 2 nitrogen and oxygen atoms in total. The van der Waals surface area contributed by atoms with Crippen LogP contribution in [0.3, 0.4) is 0 Å². The van der Waals surface area contributed by atoms with Crippen LogP contribution >= 0.6 is 22.9 Å². The molecule has 18 heavy (non-hydrogen) atoms. The maximum atomic E-state index is 6.20. The van der Waals surface area contributed by atoms with Crippen LogP contribution in [0.2, 0.25) is 4.34 Å². The lowest BCUT2D eigenvalue weighted by Gasteiger charge is -2.14. The van der Waals surface area contributed by atoms with Crippen molar-refractivity contribution in [1.29, 1.82) is 0 Å². The van der Waals surface area contributed by atoms with Crippen molar-refractivity contribution in [3.8, 4) is 11.8 Å². The minimum Gasteiger partial charge on any atom is -0.245 e. The molecule has 92 valence electrons. The quantitative estimate of drug-likeness (QED) is 0.682. The predicted molar refractivity (Wildman–Crippen MR) is 76.0 cm³/mol. The third-order valence-electron chi connectivity index (χ3n) is 2.33. The van der Waals surface area contributed by atoms with Gasteiger partial charge in [0.2, 0.25) is 0 Å². The highest BCUT2D eigenvalue weighted by molar-refractivity contribution is 7.16. The average Bonchev–Trinajstić information content (AvgIpc) is 2.69. The van der Waals surface area contributed by atoms with Crippen LogP contribution in [0.5, 0.6) is 0 Å². The molecule has 4 heteroatoms. The minimum absolute atomic E-state index is 0.100. The van der Waals surface area contributed by atoms with Gasteiger partial charge in [0.15, 0.2) is 0 Å². The number of halogens is 1. The van der Waals surface area contributed by atoms with Gasteiger partial charge in [-0.15, -0.1) is 11.3 Å². The molecule has 2 rings (SSSR count). The zero-order valence-corrected chi connectivity index (χ0v) is 12.1. The molecule has 0 aromatic carbocycles. The van der Waals surface area contributed by atoms with E-state index >= 15 is 0 Å². The maximum Gasteiger partial charge on any atom is 0.116 e. The molecule has 0 saturated carbocycles. The molecule has 0 aliphatic heterocycles. The standard InChI is InChI=1S/C14H13ClN2S/c1-14(2,3)12-8-10(13(15)18-12)4-5-11-6-7-16-9-17-11/h6-9H,1-3H3. The van der Waals surface area contributed by atoms with Crippen LogP contribution in [-0.2, 0) is 5.41 Å². The smallest absolute Gasteiger partial charge is 0.116 e. The Balaban J connectivity index is 2.31. The van der Waals surface area contributed by atoms with E-state index in [0.717, 1.165) is 9.90 Å². The molecule has 2 heterocycles. The van der Waals surface area contributed by atoms with E-state index in [2.05, 4.69) is 48.6 Å². The molecule has 0 radical (unpaired) electrons. The van der Waals surface area contributed by atoms with Crippen LogP contribution in [-0.4, -0.2) is 9.97 Å². The van der Waals surface area contributed by atoms with Gasteiger partial charge in [-0.05, 0) is 23.5 Å². The lowest BCUT2D eigenvalue weighted by atomic mass is 9.94. The van der Waals surface area contributed by atoms with E-state index in [9.17, 15) is 0 Å². The van der Waals surface area contributed by atoms with Crippen LogP contribution in [0.15, 0.2) is 24.7 Å². The van der Waals surface area contributed by atoms with Gasteiger partial charge in [-0.2, -0.15) is 0 Å². The topological polar surface area (TPSA) is 25.8 Å². The monoisotopic (exact) mass is 276 g/mol. The summed E-state index contributed by atoms with van der Waals surface area (Å²) in [5.74, 6) is 6.05. The van der Waals surface area contributed by atoms with Crippen LogP contribution in [0.1, 0.15) is 36.9 Å². The molecule has 0 bridgehead atoms. The molecule has 2 aromatic heterocycles. The molecule has 0 aliphatic rings. The molecule has 0 unspecified atom stereocenters. The summed E-state index contributed by atoms with van der Waals surface area (Å²) in [5.41, 5.74) is 1.66. The third kappa shape index (κ3) is 3.10. The fraction of sp³-hybridized carbons (Fsp3) is 0.286. The van der Waals surface area contributed by atoms with Gasteiger partial charge >= 0.3 is 0 Å². The van der Waals surface area contributed by atoms with Crippen LogP contribution in [0, 0.1) is 11.8 Å². The molecule has 2 aromatic rings. The van der Waals surface area contributed by atoms with Gasteiger partial charge in [0.1, 0.15) is 16.4 Å².